The number of nitrogens with zero attached hydrogens (tertiary/aromatic N) is 3. The first-order valence-corrected chi connectivity index (χ1v) is 6.82. The van der Waals surface area contributed by atoms with Gasteiger partial charge >= 0.3 is 0 Å². The van der Waals surface area contributed by atoms with Crippen LogP contribution in [-0.2, 0) is 7.05 Å². The van der Waals surface area contributed by atoms with Crippen LogP contribution in [-0.4, -0.2) is 27.7 Å². The summed E-state index contributed by atoms with van der Waals surface area (Å²) in [5, 5.41) is 7.11. The second kappa shape index (κ2) is 6.36. The van der Waals surface area contributed by atoms with Crippen molar-refractivity contribution in [1.82, 2.24) is 20.1 Å². The molecule has 1 aromatic carbocycles. The second-order valence-corrected chi connectivity index (χ2v) is 4.83. The molecule has 0 amide bonds. The molecule has 2 rings (SSSR count). The van der Waals surface area contributed by atoms with Crippen molar-refractivity contribution >= 4 is 23.5 Å². The summed E-state index contributed by atoms with van der Waals surface area (Å²) in [7, 11) is 3.54. The van der Waals surface area contributed by atoms with Gasteiger partial charge in [0.2, 0.25) is 0 Å². The number of hydrazone groups is 1. The van der Waals surface area contributed by atoms with Crippen LogP contribution in [0.5, 0.6) is 0 Å². The summed E-state index contributed by atoms with van der Waals surface area (Å²) in [4.78, 5) is 12.5. The molecular formula is C14H17N5OS. The lowest BCUT2D eigenvalue weighted by Gasteiger charge is -2.07. The zero-order chi connectivity index (χ0) is 15.4. The van der Waals surface area contributed by atoms with Crippen LogP contribution in [0.15, 0.2) is 40.2 Å². The second-order valence-electron chi connectivity index (χ2n) is 4.42. The zero-order valence-corrected chi connectivity index (χ0v) is 12.9. The van der Waals surface area contributed by atoms with Gasteiger partial charge < -0.3 is 5.32 Å². The number of hydrogen-bond acceptors (Lipinski definition) is 3. The highest BCUT2D eigenvalue weighted by molar-refractivity contribution is 7.80. The lowest BCUT2D eigenvalue weighted by molar-refractivity contribution is 0.630. The van der Waals surface area contributed by atoms with Crippen LogP contribution in [0.25, 0.3) is 5.69 Å². The Balaban J connectivity index is 2.42. The molecule has 0 spiro atoms. The lowest BCUT2D eigenvalue weighted by atomic mass is 10.3. The summed E-state index contributed by atoms with van der Waals surface area (Å²) in [6, 6.07) is 9.47. The molecule has 2 N–H and O–H groups in total. The maximum atomic E-state index is 12.5. The molecular weight excluding hydrogens is 286 g/mol. The monoisotopic (exact) mass is 303 g/mol. The van der Waals surface area contributed by atoms with Crippen LogP contribution in [0.4, 0.5) is 0 Å². The van der Waals surface area contributed by atoms with Crippen molar-refractivity contribution in [2.75, 3.05) is 7.05 Å². The highest BCUT2D eigenvalue weighted by atomic mass is 32.1. The number of hydrogen-bond donors (Lipinski definition) is 2. The lowest BCUT2D eigenvalue weighted by Crippen LogP contribution is -2.28. The molecule has 21 heavy (non-hydrogen) atoms. The number of thiocarbonyl (C=S) groups is 1. The molecule has 2 aromatic rings. The van der Waals surface area contributed by atoms with Gasteiger partial charge in [0.25, 0.3) is 5.56 Å². The third-order valence-electron chi connectivity index (χ3n) is 3.19. The van der Waals surface area contributed by atoms with E-state index in [9.17, 15) is 4.79 Å². The summed E-state index contributed by atoms with van der Waals surface area (Å²) < 4.78 is 3.41. The van der Waals surface area contributed by atoms with E-state index < -0.39 is 0 Å². The van der Waals surface area contributed by atoms with Gasteiger partial charge in [-0.3, -0.25) is 14.9 Å². The van der Waals surface area contributed by atoms with Crippen molar-refractivity contribution in [3.8, 4) is 5.69 Å². The molecule has 0 bridgehead atoms. The van der Waals surface area contributed by atoms with Crippen LogP contribution < -0.4 is 16.3 Å². The molecule has 110 valence electrons. The number of benzene rings is 1. The van der Waals surface area contributed by atoms with Gasteiger partial charge in [0, 0.05) is 19.8 Å². The van der Waals surface area contributed by atoms with E-state index in [-0.39, 0.29) is 5.56 Å². The number of rotatable bonds is 3. The van der Waals surface area contributed by atoms with Crippen LogP contribution in [0.3, 0.4) is 0 Å². The molecule has 0 saturated carbocycles. The highest BCUT2D eigenvalue weighted by Crippen LogP contribution is 2.08. The van der Waals surface area contributed by atoms with Crippen LogP contribution in [0.2, 0.25) is 0 Å². The Kier molecular flexibility index (Phi) is 4.54. The largest absolute Gasteiger partial charge is 0.364 e. The molecule has 0 unspecified atom stereocenters. The summed E-state index contributed by atoms with van der Waals surface area (Å²) in [5.41, 5.74) is 4.67. The summed E-state index contributed by atoms with van der Waals surface area (Å²) in [6.45, 7) is 1.87. The fourth-order valence-electron chi connectivity index (χ4n) is 1.95. The van der Waals surface area contributed by atoms with Crippen molar-refractivity contribution in [3.63, 3.8) is 0 Å². The molecule has 0 aliphatic rings. The van der Waals surface area contributed by atoms with Crippen molar-refractivity contribution in [3.05, 3.63) is 51.9 Å². The standard InChI is InChI=1S/C14H17N5OS/c1-10-12(9-16-17-14(21)15-2)13(20)19(18(10)3)11-7-5-4-6-8-11/h4-9H,1-3H3,(H2,15,17,21)/b16-9+. The normalized spacial score (nSPS) is 10.8. The predicted octanol–water partition coefficient (Wildman–Crippen LogP) is 0.912. The zero-order valence-electron chi connectivity index (χ0n) is 12.1. The SMILES string of the molecule is CNC(=S)N/N=C/c1c(C)n(C)n(-c2ccccc2)c1=O. The van der Waals surface area contributed by atoms with E-state index in [4.69, 9.17) is 12.2 Å². The van der Waals surface area contributed by atoms with Gasteiger partial charge in [0.05, 0.1) is 17.5 Å². The summed E-state index contributed by atoms with van der Waals surface area (Å²) in [6.07, 6.45) is 1.49. The first-order valence-electron chi connectivity index (χ1n) is 6.41. The van der Waals surface area contributed by atoms with Crippen LogP contribution >= 0.6 is 12.2 Å². The molecule has 1 heterocycles. The van der Waals surface area contributed by atoms with Gasteiger partial charge in [-0.1, -0.05) is 18.2 Å². The fourth-order valence-corrected chi connectivity index (χ4v) is 2.00. The van der Waals surface area contributed by atoms with Gasteiger partial charge in [-0.25, -0.2) is 4.68 Å². The molecule has 0 aliphatic carbocycles. The third-order valence-corrected chi connectivity index (χ3v) is 3.48. The minimum atomic E-state index is -0.123. The van der Waals surface area contributed by atoms with Crippen LogP contribution in [0, 0.1) is 6.92 Å². The Morgan fingerprint density at radius 2 is 2.00 bits per heavy atom. The first kappa shape index (κ1) is 15.0. The summed E-state index contributed by atoms with van der Waals surface area (Å²) in [5.74, 6) is 0. The number of aromatic nitrogens is 2. The molecule has 0 fully saturated rings. The van der Waals surface area contributed by atoms with E-state index in [1.165, 1.54) is 6.21 Å². The average molecular weight is 303 g/mol. The highest BCUT2D eigenvalue weighted by Gasteiger charge is 2.14. The molecule has 6 nitrogen and oxygen atoms in total. The molecule has 1 aromatic heterocycles. The average Bonchev–Trinajstić information content (AvgIpc) is 2.71. The van der Waals surface area contributed by atoms with E-state index in [1.54, 1.807) is 16.4 Å². The van der Waals surface area contributed by atoms with Crippen molar-refractivity contribution in [2.24, 2.45) is 12.1 Å². The quantitative estimate of drug-likeness (QED) is 0.503. The molecule has 0 saturated heterocycles. The van der Waals surface area contributed by atoms with Gasteiger partial charge in [-0.05, 0) is 31.3 Å². The Hall–Kier alpha value is -2.41. The van der Waals surface area contributed by atoms with Gasteiger partial charge in [-0.15, -0.1) is 0 Å². The van der Waals surface area contributed by atoms with E-state index in [0.29, 0.717) is 10.7 Å². The minimum absolute atomic E-state index is 0.123. The Labute approximate surface area is 128 Å². The molecule has 7 heteroatoms. The van der Waals surface area contributed by atoms with E-state index in [2.05, 4.69) is 15.8 Å². The van der Waals surface area contributed by atoms with Gasteiger partial charge in [0.1, 0.15) is 0 Å². The molecule has 0 atom stereocenters. The Morgan fingerprint density at radius 3 is 2.62 bits per heavy atom. The van der Waals surface area contributed by atoms with Gasteiger partial charge in [-0.2, -0.15) is 5.10 Å². The topological polar surface area (TPSA) is 63.4 Å². The van der Waals surface area contributed by atoms with Crippen molar-refractivity contribution < 1.29 is 0 Å². The summed E-state index contributed by atoms with van der Waals surface area (Å²) >= 11 is 4.92. The van der Waals surface area contributed by atoms with E-state index >= 15 is 0 Å². The minimum Gasteiger partial charge on any atom is -0.364 e. The van der Waals surface area contributed by atoms with E-state index in [1.807, 2.05) is 44.3 Å². The van der Waals surface area contributed by atoms with Crippen molar-refractivity contribution in [2.45, 2.75) is 6.92 Å². The van der Waals surface area contributed by atoms with Crippen LogP contribution in [0.1, 0.15) is 11.3 Å². The Bertz CT molecular complexity index is 730. The maximum Gasteiger partial charge on any atom is 0.280 e. The maximum absolute atomic E-state index is 12.5. The Morgan fingerprint density at radius 1 is 1.33 bits per heavy atom. The predicted molar refractivity (Wildman–Crippen MR) is 88.1 cm³/mol. The molecule has 0 aliphatic heterocycles. The van der Waals surface area contributed by atoms with Crippen molar-refractivity contribution in [1.29, 1.82) is 0 Å². The number of nitrogens with one attached hydrogen (secondary N) is 2. The number of para-hydroxylation sites is 1. The first-order chi connectivity index (χ1) is 10.1. The van der Waals surface area contributed by atoms with E-state index in [0.717, 1.165) is 11.4 Å². The smallest absolute Gasteiger partial charge is 0.280 e. The fraction of sp³-hybridized carbons (Fsp3) is 0.214. The molecule has 0 radical (unpaired) electrons. The third kappa shape index (κ3) is 3.03. The van der Waals surface area contributed by atoms with Gasteiger partial charge in [0.15, 0.2) is 5.11 Å².